The molecule has 0 bridgehead atoms. The third-order valence-corrected chi connectivity index (χ3v) is 10.0. The fourth-order valence-corrected chi connectivity index (χ4v) is 7.68. The first kappa shape index (κ1) is 24.0. The molecule has 4 aromatic carbocycles. The fraction of sp³-hybridized carbons (Fsp3) is 0.243. The second kappa shape index (κ2) is 8.48. The molecule has 3 aliphatic carbocycles. The van der Waals surface area contributed by atoms with Gasteiger partial charge in [0.15, 0.2) is 0 Å². The van der Waals surface area contributed by atoms with Gasteiger partial charge in [0.2, 0.25) is 0 Å². The van der Waals surface area contributed by atoms with E-state index in [0.717, 1.165) is 35.3 Å². The maximum atomic E-state index is 6.35. The lowest BCUT2D eigenvalue weighted by atomic mass is 9.68. The first-order chi connectivity index (χ1) is 18.8. The molecule has 0 radical (unpaired) electrons. The van der Waals surface area contributed by atoms with E-state index < -0.39 is 0 Å². The van der Waals surface area contributed by atoms with Crippen LogP contribution < -0.4 is 11.5 Å². The van der Waals surface area contributed by atoms with Crippen LogP contribution >= 0.6 is 0 Å². The highest BCUT2D eigenvalue weighted by Crippen LogP contribution is 2.59. The summed E-state index contributed by atoms with van der Waals surface area (Å²) in [6.45, 7) is 6.67. The smallest absolute Gasteiger partial charge is 0.0463 e. The standard InChI is InChI=1S/C37H36N2/c1-23-17-28(12-14-34(23)38)37(29-13-15-35(39)24(2)18-29)22-31(25-9-5-4-6-10-25)30-21-32-26(20-33(30)37)19-27-11-7-8-16-36(27,32)3/h4-18,20-21,27,31H,19,22,38-39H2,1-3H3. The molecule has 7 rings (SSSR count). The van der Waals surface area contributed by atoms with E-state index in [1.807, 2.05) is 0 Å². The number of hydrogen-bond acceptors (Lipinski definition) is 2. The van der Waals surface area contributed by atoms with Crippen LogP contribution in [0.4, 0.5) is 11.4 Å². The van der Waals surface area contributed by atoms with Gasteiger partial charge in [-0.25, -0.2) is 0 Å². The molecule has 3 atom stereocenters. The van der Waals surface area contributed by atoms with Crippen molar-refractivity contribution in [1.82, 2.24) is 0 Å². The molecule has 2 heteroatoms. The lowest BCUT2D eigenvalue weighted by Crippen LogP contribution is -2.28. The predicted molar refractivity (Wildman–Crippen MR) is 163 cm³/mol. The summed E-state index contributed by atoms with van der Waals surface area (Å²) in [7, 11) is 0. The van der Waals surface area contributed by atoms with Gasteiger partial charge in [-0.2, -0.15) is 0 Å². The second-order valence-corrected chi connectivity index (χ2v) is 12.1. The normalized spacial score (nSPS) is 23.9. The van der Waals surface area contributed by atoms with Gasteiger partial charge >= 0.3 is 0 Å². The molecular weight excluding hydrogens is 472 g/mol. The molecule has 4 N–H and O–H groups in total. The van der Waals surface area contributed by atoms with Crippen molar-refractivity contribution in [3.63, 3.8) is 0 Å². The summed E-state index contributed by atoms with van der Waals surface area (Å²) in [6, 6.07) is 29.5. The van der Waals surface area contributed by atoms with Gasteiger partial charge in [-0.15, -0.1) is 0 Å². The summed E-state index contributed by atoms with van der Waals surface area (Å²) in [5.74, 6) is 0.787. The number of anilines is 2. The molecule has 0 fully saturated rings. The van der Waals surface area contributed by atoms with Gasteiger partial charge in [-0.05, 0) is 94.8 Å². The minimum Gasteiger partial charge on any atom is -0.399 e. The molecule has 2 nitrogen and oxygen atoms in total. The van der Waals surface area contributed by atoms with E-state index >= 15 is 0 Å². The number of nitrogen functional groups attached to an aromatic ring is 2. The number of nitrogens with two attached hydrogens (primary N) is 2. The van der Waals surface area contributed by atoms with Crippen LogP contribution in [0.5, 0.6) is 0 Å². The Morgan fingerprint density at radius 1 is 0.744 bits per heavy atom. The van der Waals surface area contributed by atoms with Crippen molar-refractivity contribution >= 4 is 11.4 Å². The van der Waals surface area contributed by atoms with Crippen LogP contribution in [0.2, 0.25) is 0 Å². The second-order valence-electron chi connectivity index (χ2n) is 12.1. The molecule has 0 aromatic heterocycles. The van der Waals surface area contributed by atoms with Gasteiger partial charge in [0.25, 0.3) is 0 Å². The summed E-state index contributed by atoms with van der Waals surface area (Å²) in [5, 5.41) is 0. The maximum absolute atomic E-state index is 6.35. The summed E-state index contributed by atoms with van der Waals surface area (Å²) < 4.78 is 0. The van der Waals surface area contributed by atoms with Crippen LogP contribution in [0.15, 0.2) is 103 Å². The predicted octanol–water partition coefficient (Wildman–Crippen LogP) is 7.89. The van der Waals surface area contributed by atoms with E-state index in [0.29, 0.717) is 5.92 Å². The summed E-state index contributed by atoms with van der Waals surface area (Å²) in [5.41, 5.74) is 26.2. The Balaban J connectivity index is 1.55. The molecule has 0 saturated heterocycles. The van der Waals surface area contributed by atoms with Gasteiger partial charge < -0.3 is 11.5 Å². The summed E-state index contributed by atoms with van der Waals surface area (Å²) in [4.78, 5) is 0. The Morgan fingerprint density at radius 2 is 1.41 bits per heavy atom. The van der Waals surface area contributed by atoms with Crippen molar-refractivity contribution in [2.45, 2.75) is 50.4 Å². The van der Waals surface area contributed by atoms with E-state index in [9.17, 15) is 0 Å². The molecule has 3 aliphatic rings. The minimum atomic E-state index is -0.303. The molecule has 39 heavy (non-hydrogen) atoms. The van der Waals surface area contributed by atoms with Crippen LogP contribution in [-0.2, 0) is 17.3 Å². The molecule has 4 aromatic rings. The van der Waals surface area contributed by atoms with Crippen molar-refractivity contribution in [1.29, 1.82) is 0 Å². The van der Waals surface area contributed by atoms with Crippen molar-refractivity contribution < 1.29 is 0 Å². The van der Waals surface area contributed by atoms with Crippen LogP contribution in [0.25, 0.3) is 0 Å². The summed E-state index contributed by atoms with van der Waals surface area (Å²) >= 11 is 0. The number of hydrogen-bond donors (Lipinski definition) is 2. The molecule has 0 heterocycles. The topological polar surface area (TPSA) is 52.0 Å². The van der Waals surface area contributed by atoms with Gasteiger partial charge in [0.05, 0.1) is 0 Å². The van der Waals surface area contributed by atoms with E-state index in [1.54, 1.807) is 0 Å². The Hall–Kier alpha value is -4.04. The monoisotopic (exact) mass is 508 g/mol. The largest absolute Gasteiger partial charge is 0.399 e. The zero-order valence-electron chi connectivity index (χ0n) is 23.0. The molecule has 0 aliphatic heterocycles. The zero-order valence-corrected chi connectivity index (χ0v) is 23.0. The Morgan fingerprint density at radius 3 is 2.05 bits per heavy atom. The molecule has 0 saturated carbocycles. The Bertz CT molecular complexity index is 1620. The van der Waals surface area contributed by atoms with Crippen LogP contribution in [0, 0.1) is 19.8 Å². The minimum absolute atomic E-state index is 0.0428. The maximum Gasteiger partial charge on any atom is 0.0463 e. The van der Waals surface area contributed by atoms with Gasteiger partial charge in [-0.3, -0.25) is 0 Å². The molecule has 0 amide bonds. The van der Waals surface area contributed by atoms with Crippen molar-refractivity contribution in [3.8, 4) is 0 Å². The first-order valence-electron chi connectivity index (χ1n) is 14.1. The Kier molecular flexibility index (Phi) is 5.23. The summed E-state index contributed by atoms with van der Waals surface area (Å²) in [6.07, 6.45) is 11.3. The van der Waals surface area contributed by atoms with Gasteiger partial charge in [0.1, 0.15) is 0 Å². The number of benzene rings is 4. The van der Waals surface area contributed by atoms with Crippen LogP contribution in [0.3, 0.4) is 0 Å². The van der Waals surface area contributed by atoms with Crippen molar-refractivity contribution in [2.75, 3.05) is 11.5 Å². The molecule has 194 valence electrons. The molecular formula is C37H36N2. The fourth-order valence-electron chi connectivity index (χ4n) is 7.68. The highest BCUT2D eigenvalue weighted by Gasteiger charge is 2.50. The van der Waals surface area contributed by atoms with E-state index in [2.05, 4.69) is 124 Å². The molecule has 0 spiro atoms. The lowest BCUT2D eigenvalue weighted by Gasteiger charge is -2.34. The highest BCUT2D eigenvalue weighted by atomic mass is 14.6. The highest BCUT2D eigenvalue weighted by molar-refractivity contribution is 5.67. The lowest BCUT2D eigenvalue weighted by molar-refractivity contribution is 0.465. The number of allylic oxidation sites excluding steroid dienone is 4. The quantitative estimate of drug-likeness (QED) is 0.276. The zero-order chi connectivity index (χ0) is 26.9. The number of aryl methyl sites for hydroxylation is 2. The van der Waals surface area contributed by atoms with Crippen LogP contribution in [-0.4, -0.2) is 0 Å². The Labute approximate surface area is 232 Å². The average Bonchev–Trinajstić information content (AvgIpc) is 3.43. The first-order valence-corrected chi connectivity index (χ1v) is 14.1. The van der Waals surface area contributed by atoms with Gasteiger partial charge in [-0.1, -0.05) is 98.0 Å². The van der Waals surface area contributed by atoms with E-state index in [-0.39, 0.29) is 16.7 Å². The SMILES string of the molecule is Cc1cc(C2(c3ccc(N)c(C)c3)CC(c3ccccc3)c3cc4c(cc32)CC2C=CC=CC42C)ccc1N. The molecule has 3 unspecified atom stereocenters. The van der Waals surface area contributed by atoms with E-state index in [4.69, 9.17) is 11.5 Å². The van der Waals surface area contributed by atoms with Crippen molar-refractivity contribution in [2.24, 2.45) is 5.92 Å². The van der Waals surface area contributed by atoms with Crippen molar-refractivity contribution in [3.05, 3.63) is 153 Å². The van der Waals surface area contributed by atoms with Gasteiger partial charge in [0, 0.05) is 28.1 Å². The number of fused-ring (bicyclic) bond motifs is 4. The average molecular weight is 509 g/mol. The third kappa shape index (κ3) is 3.40. The number of rotatable bonds is 3. The third-order valence-electron chi connectivity index (χ3n) is 10.0. The van der Waals surface area contributed by atoms with E-state index in [1.165, 1.54) is 38.9 Å². The van der Waals surface area contributed by atoms with Crippen LogP contribution in [0.1, 0.15) is 69.3 Å².